The molecule has 0 aromatic heterocycles. The molecule has 9 heteroatoms. The highest BCUT2D eigenvalue weighted by atomic mass is 19.1. The van der Waals surface area contributed by atoms with Gasteiger partial charge in [0.15, 0.2) is 0 Å². The van der Waals surface area contributed by atoms with Gasteiger partial charge < -0.3 is 15.5 Å². The first-order valence-electron chi connectivity index (χ1n) is 11.6. The third-order valence-corrected chi connectivity index (χ3v) is 6.37. The van der Waals surface area contributed by atoms with E-state index < -0.39 is 35.8 Å². The van der Waals surface area contributed by atoms with Crippen molar-refractivity contribution in [1.82, 2.24) is 20.4 Å². The van der Waals surface area contributed by atoms with Gasteiger partial charge in [0.25, 0.3) is 5.91 Å². The molecule has 1 heterocycles. The van der Waals surface area contributed by atoms with Crippen molar-refractivity contribution in [3.63, 3.8) is 0 Å². The van der Waals surface area contributed by atoms with Crippen LogP contribution in [0.3, 0.4) is 0 Å². The number of hydrogen-bond acceptors (Lipinski definition) is 4. The Bertz CT molecular complexity index is 1320. The van der Waals surface area contributed by atoms with Gasteiger partial charge in [-0.3, -0.25) is 19.3 Å². The molecule has 0 unspecified atom stereocenters. The van der Waals surface area contributed by atoms with Crippen LogP contribution in [0, 0.1) is 5.82 Å². The summed E-state index contributed by atoms with van der Waals surface area (Å²) in [4.78, 5) is 53.7. The molecular weight excluding hydrogens is 463 g/mol. The van der Waals surface area contributed by atoms with Gasteiger partial charge in [0.1, 0.15) is 17.9 Å². The Balaban J connectivity index is 1.42. The molecule has 0 spiro atoms. The van der Waals surface area contributed by atoms with Gasteiger partial charge in [-0.15, -0.1) is 0 Å². The maximum Gasteiger partial charge on any atom is 0.325 e. The largest absolute Gasteiger partial charge is 0.350 e. The van der Waals surface area contributed by atoms with E-state index >= 15 is 0 Å². The zero-order valence-corrected chi connectivity index (χ0v) is 20.1. The number of fused-ring (bicyclic) bond motifs is 1. The van der Waals surface area contributed by atoms with Crippen LogP contribution >= 0.6 is 0 Å². The molecule has 1 aliphatic rings. The second-order valence-electron chi connectivity index (χ2n) is 8.78. The van der Waals surface area contributed by atoms with Crippen LogP contribution in [-0.4, -0.2) is 53.2 Å². The summed E-state index contributed by atoms with van der Waals surface area (Å²) >= 11 is 0. The highest BCUT2D eigenvalue weighted by Crippen LogP contribution is 2.33. The highest BCUT2D eigenvalue weighted by Gasteiger charge is 2.50. The van der Waals surface area contributed by atoms with Crippen LogP contribution < -0.4 is 10.6 Å². The average Bonchev–Trinajstić information content (AvgIpc) is 3.10. The lowest BCUT2D eigenvalue weighted by molar-refractivity contribution is -0.140. The molecule has 3 aromatic rings. The molecule has 1 atom stereocenters. The quantitative estimate of drug-likeness (QED) is 0.475. The van der Waals surface area contributed by atoms with Crippen molar-refractivity contribution in [2.75, 3.05) is 19.6 Å². The Morgan fingerprint density at radius 2 is 1.72 bits per heavy atom. The lowest BCUT2D eigenvalue weighted by Gasteiger charge is -2.25. The molecule has 0 saturated carbocycles. The summed E-state index contributed by atoms with van der Waals surface area (Å²) < 4.78 is 13.0. The van der Waals surface area contributed by atoms with E-state index in [0.29, 0.717) is 11.1 Å². The van der Waals surface area contributed by atoms with E-state index in [2.05, 4.69) is 10.6 Å². The average molecular weight is 491 g/mol. The number of nitrogens with zero attached hydrogens (tertiary/aromatic N) is 2. The Hall–Kier alpha value is -4.27. The molecule has 1 aliphatic heterocycles. The number of carbonyl (C=O) groups excluding carboxylic acids is 4. The van der Waals surface area contributed by atoms with Gasteiger partial charge in [-0.2, -0.15) is 0 Å². The van der Waals surface area contributed by atoms with E-state index in [1.165, 1.54) is 17.0 Å². The van der Waals surface area contributed by atoms with Crippen LogP contribution in [0.25, 0.3) is 10.8 Å². The monoisotopic (exact) mass is 490 g/mol. The molecule has 1 saturated heterocycles. The molecule has 0 radical (unpaired) electrons. The summed E-state index contributed by atoms with van der Waals surface area (Å²) in [5.41, 5.74) is 0.0227. The van der Waals surface area contributed by atoms with Crippen molar-refractivity contribution < 1.29 is 23.6 Å². The summed E-state index contributed by atoms with van der Waals surface area (Å²) in [5.74, 6) is -1.84. The predicted octanol–water partition coefficient (Wildman–Crippen LogP) is 2.91. The lowest BCUT2D eigenvalue weighted by atomic mass is 9.88. The SMILES string of the molecule is CCN(CC(=O)NCc1ccc(F)cc1)C(=O)CN1C(=O)N[C@@](C)(c2cccc3ccccc23)C1=O. The molecule has 186 valence electrons. The number of urea groups is 1. The third-order valence-electron chi connectivity index (χ3n) is 6.37. The maximum absolute atomic E-state index is 13.4. The number of likely N-dealkylation sites (N-methyl/N-ethyl adjacent to an activating group) is 1. The standard InChI is InChI=1S/C27H27FN4O4/c1-3-31(16-23(33)29-15-18-11-13-20(28)14-12-18)24(34)17-32-25(35)27(2,30-26(32)36)22-10-6-8-19-7-4-5-9-21(19)22/h4-14H,3,15-17H2,1-2H3,(H,29,33)(H,30,36)/t27-/m0/s1. The van der Waals surface area contributed by atoms with Gasteiger partial charge in [-0.05, 0) is 47.9 Å². The van der Waals surface area contributed by atoms with Gasteiger partial charge in [-0.1, -0.05) is 54.6 Å². The fourth-order valence-corrected chi connectivity index (χ4v) is 4.33. The van der Waals surface area contributed by atoms with Gasteiger partial charge in [0.05, 0.1) is 6.54 Å². The first kappa shape index (κ1) is 24.8. The fraction of sp³-hybridized carbons (Fsp3) is 0.259. The van der Waals surface area contributed by atoms with Crippen LogP contribution in [0.2, 0.25) is 0 Å². The maximum atomic E-state index is 13.4. The van der Waals surface area contributed by atoms with Crippen molar-refractivity contribution in [3.05, 3.63) is 83.7 Å². The van der Waals surface area contributed by atoms with E-state index in [1.54, 1.807) is 32.0 Å². The lowest BCUT2D eigenvalue weighted by Crippen LogP contribution is -2.47. The second-order valence-corrected chi connectivity index (χ2v) is 8.78. The Labute approximate surface area is 208 Å². The fourth-order valence-electron chi connectivity index (χ4n) is 4.33. The molecule has 36 heavy (non-hydrogen) atoms. The van der Waals surface area contributed by atoms with E-state index in [1.807, 2.05) is 36.4 Å². The van der Waals surface area contributed by atoms with E-state index in [9.17, 15) is 23.6 Å². The molecular formula is C27H27FN4O4. The summed E-state index contributed by atoms with van der Waals surface area (Å²) in [7, 11) is 0. The summed E-state index contributed by atoms with van der Waals surface area (Å²) in [6.07, 6.45) is 0. The molecule has 1 fully saturated rings. The first-order chi connectivity index (χ1) is 17.2. The number of benzene rings is 3. The van der Waals surface area contributed by atoms with E-state index in [-0.39, 0.29) is 25.5 Å². The number of halogens is 1. The van der Waals surface area contributed by atoms with Gasteiger partial charge in [0, 0.05) is 13.1 Å². The number of hydrogen-bond donors (Lipinski definition) is 2. The summed E-state index contributed by atoms with van der Waals surface area (Å²) in [6.45, 7) is 3.01. The van der Waals surface area contributed by atoms with Crippen molar-refractivity contribution >= 4 is 34.5 Å². The van der Waals surface area contributed by atoms with Crippen LogP contribution in [0.4, 0.5) is 9.18 Å². The minimum atomic E-state index is -1.33. The number of nitrogens with one attached hydrogen (secondary N) is 2. The van der Waals surface area contributed by atoms with Crippen molar-refractivity contribution in [1.29, 1.82) is 0 Å². The van der Waals surface area contributed by atoms with Gasteiger partial charge in [-0.25, -0.2) is 9.18 Å². The minimum absolute atomic E-state index is 0.182. The Morgan fingerprint density at radius 3 is 2.44 bits per heavy atom. The molecule has 8 nitrogen and oxygen atoms in total. The van der Waals surface area contributed by atoms with Crippen LogP contribution in [-0.2, 0) is 26.5 Å². The molecule has 3 aromatic carbocycles. The zero-order valence-electron chi connectivity index (χ0n) is 20.1. The number of carbonyl (C=O) groups is 4. The summed E-state index contributed by atoms with van der Waals surface area (Å²) in [6, 6.07) is 18.1. The highest BCUT2D eigenvalue weighted by molar-refractivity contribution is 6.11. The zero-order chi connectivity index (χ0) is 25.9. The number of amides is 5. The number of rotatable bonds is 8. The van der Waals surface area contributed by atoms with Crippen LogP contribution in [0.5, 0.6) is 0 Å². The molecule has 0 aliphatic carbocycles. The minimum Gasteiger partial charge on any atom is -0.350 e. The van der Waals surface area contributed by atoms with Crippen LogP contribution in [0.1, 0.15) is 25.0 Å². The number of imide groups is 1. The van der Waals surface area contributed by atoms with Crippen molar-refractivity contribution in [2.45, 2.75) is 25.9 Å². The predicted molar refractivity (Wildman–Crippen MR) is 132 cm³/mol. The molecule has 5 amide bonds. The second kappa shape index (κ2) is 10.2. The molecule has 2 N–H and O–H groups in total. The normalized spacial score (nSPS) is 17.2. The van der Waals surface area contributed by atoms with Gasteiger partial charge in [0.2, 0.25) is 11.8 Å². The smallest absolute Gasteiger partial charge is 0.325 e. The Morgan fingerprint density at radius 1 is 1.03 bits per heavy atom. The molecule has 0 bridgehead atoms. The van der Waals surface area contributed by atoms with Gasteiger partial charge >= 0.3 is 6.03 Å². The molecule has 4 rings (SSSR count). The topological polar surface area (TPSA) is 98.8 Å². The van der Waals surface area contributed by atoms with Crippen molar-refractivity contribution in [2.24, 2.45) is 0 Å². The first-order valence-corrected chi connectivity index (χ1v) is 11.6. The Kier molecular flexibility index (Phi) is 7.00. The summed E-state index contributed by atoms with van der Waals surface area (Å²) in [5, 5.41) is 7.19. The third kappa shape index (κ3) is 4.91. The van der Waals surface area contributed by atoms with E-state index in [0.717, 1.165) is 15.7 Å². The van der Waals surface area contributed by atoms with Crippen LogP contribution in [0.15, 0.2) is 66.7 Å². The van der Waals surface area contributed by atoms with Crippen molar-refractivity contribution in [3.8, 4) is 0 Å². The van der Waals surface area contributed by atoms with E-state index in [4.69, 9.17) is 0 Å².